The lowest BCUT2D eigenvalue weighted by atomic mass is 9.99. The van der Waals surface area contributed by atoms with Gasteiger partial charge in [0.1, 0.15) is 35.5 Å². The largest absolute Gasteiger partial charge is 0.480 e. The second-order valence-corrected chi connectivity index (χ2v) is 45.8. The topological polar surface area (TPSA) is 406 Å². The van der Waals surface area contributed by atoms with Gasteiger partial charge in [-0.15, -0.1) is 32.9 Å². The van der Waals surface area contributed by atoms with E-state index in [1.54, 1.807) is 102 Å². The summed E-state index contributed by atoms with van der Waals surface area (Å²) in [4.78, 5) is 94.2. The van der Waals surface area contributed by atoms with Gasteiger partial charge < -0.3 is 58.9 Å². The molecule has 12 aromatic rings. The van der Waals surface area contributed by atoms with Gasteiger partial charge in [-0.05, 0) is 264 Å². The number of piperazine rings is 2. The number of amides is 5. The van der Waals surface area contributed by atoms with E-state index in [0.29, 0.717) is 82.1 Å². The number of sulfonamides is 4. The van der Waals surface area contributed by atoms with Crippen LogP contribution in [-0.4, -0.2) is 227 Å². The first-order chi connectivity index (χ1) is 71.2. The lowest BCUT2D eigenvalue weighted by Crippen LogP contribution is -2.55. The lowest BCUT2D eigenvalue weighted by Gasteiger charge is -2.41. The summed E-state index contributed by atoms with van der Waals surface area (Å²) in [5, 5.41) is 19.1. The first kappa shape index (κ1) is 109. The van der Waals surface area contributed by atoms with Crippen molar-refractivity contribution in [3.63, 3.8) is 0 Å². The zero-order chi connectivity index (χ0) is 106. The van der Waals surface area contributed by atoms with Gasteiger partial charge >= 0.3 is 12.3 Å². The Hall–Kier alpha value is -13.1. The van der Waals surface area contributed by atoms with Crippen LogP contribution in [0.3, 0.4) is 0 Å². The number of halogens is 8. The van der Waals surface area contributed by atoms with E-state index in [4.69, 9.17) is 55.9 Å². The van der Waals surface area contributed by atoms with Crippen molar-refractivity contribution in [2.75, 3.05) is 157 Å². The van der Waals surface area contributed by atoms with Gasteiger partial charge in [-0.1, -0.05) is 58.5 Å². The van der Waals surface area contributed by atoms with Crippen molar-refractivity contribution in [3.05, 3.63) is 272 Å². The lowest BCUT2D eigenvalue weighted by molar-refractivity contribution is -0.141. The fourth-order valence-electron chi connectivity index (χ4n) is 18.4. The summed E-state index contributed by atoms with van der Waals surface area (Å²) in [7, 11) is -14.0. The second-order valence-electron chi connectivity index (χ2n) is 35.6. The van der Waals surface area contributed by atoms with Crippen LogP contribution in [0, 0.1) is 5.82 Å². The predicted octanol–water partition coefficient (Wildman–Crippen LogP) is 18.9. The molecule has 7 aliphatic heterocycles. The minimum atomic E-state index is -4.70. The number of hydrogen-bond acceptors (Lipinski definition) is 28. The molecule has 4 saturated heterocycles. The highest BCUT2D eigenvalue weighted by molar-refractivity contribution is 7.93. The molecule has 0 bridgehead atoms. The quantitative estimate of drug-likeness (QED) is 0.0274. The molecule has 0 radical (unpaired) electrons. The van der Waals surface area contributed by atoms with Gasteiger partial charge in [0.05, 0.1) is 42.4 Å². The van der Waals surface area contributed by atoms with E-state index in [-0.39, 0.29) is 107 Å². The number of thiazole rings is 2. The molecule has 0 spiro atoms. The SMILES string of the molecule is COc1ccc(NS(=O)(=O)c2ccc(N3CCN(C(=O)[C@@H](C)N4CCCc5cc(Cl)ccc54)CC3)cc2)nn1.C[C@H](C(=O)N1CCN(c2ccc(S(=O)(=O)Nc3cccc(C(F)(F)F)n3)cc2)CC1)N1CCCc2cc(F)ccc21.C[C@H](C(=O)N[C@H]1CCN(c2ccc(S(=O)(=O)Nc3nccs3)cc2)C1)N1CCCc2cc(Cl)ccc21.O=C(Nc1cccc(Cl)c1Cl)O[C@H]1CCN(c2ccc(S(=O)(=O)Nc3nccs3)cc2)C1=O.[HH].[HH].[HH].[HH].[HH].[HH].[HH].[HH].[HH]. The number of benzene rings is 8. The number of aromatic nitrogens is 5. The van der Waals surface area contributed by atoms with Gasteiger partial charge in [0.15, 0.2) is 22.2 Å². The molecule has 4 aromatic heterocycles. The van der Waals surface area contributed by atoms with Crippen LogP contribution in [-0.2, 0) is 89.4 Å². The molecule has 0 unspecified atom stereocenters. The third-order valence-electron chi connectivity index (χ3n) is 26.1. The van der Waals surface area contributed by atoms with E-state index in [1.807, 2.05) is 76.8 Å². The third kappa shape index (κ3) is 26.8. The number of ether oxygens (including phenoxy) is 2. The molecule has 8 aromatic carbocycles. The van der Waals surface area contributed by atoms with Crippen molar-refractivity contribution >= 4 is 206 Å². The average molecular weight is 2250 g/mol. The number of nitrogens with one attached hydrogen (secondary N) is 6. The van der Waals surface area contributed by atoms with E-state index in [1.165, 1.54) is 101 Å². The van der Waals surface area contributed by atoms with Crippen molar-refractivity contribution < 1.29 is 97.5 Å². The first-order valence-corrected chi connectivity index (χ1v) is 56.7. The number of nitrogens with zero attached hydrogens (tertiary/aromatic N) is 14. The molecular weight excluding hydrogens is 2130 g/mol. The molecule has 4 fully saturated rings. The minimum Gasteiger partial charge on any atom is -0.480 e. The van der Waals surface area contributed by atoms with Crippen molar-refractivity contribution in [2.24, 2.45) is 0 Å². The Morgan fingerprint density at radius 3 is 1.39 bits per heavy atom. The Morgan fingerprint density at radius 2 is 0.926 bits per heavy atom. The highest BCUT2D eigenvalue weighted by Gasteiger charge is 2.40. The van der Waals surface area contributed by atoms with Gasteiger partial charge in [0.2, 0.25) is 23.6 Å². The summed E-state index contributed by atoms with van der Waals surface area (Å²) < 4.78 is 173. The Labute approximate surface area is 900 Å². The number of anilines is 12. The maximum atomic E-state index is 13.7. The van der Waals surface area contributed by atoms with Gasteiger partial charge in [0.25, 0.3) is 46.0 Å². The normalized spacial score (nSPS) is 16.9. The number of pyridine rings is 1. The number of fused-ring (bicyclic) bond motifs is 3. The smallest absolute Gasteiger partial charge is 0.433 e. The zero-order valence-electron chi connectivity index (χ0n) is 80.7. The Kier molecular flexibility index (Phi) is 34.5. The van der Waals surface area contributed by atoms with E-state index < -0.39 is 81.9 Å². The second kappa shape index (κ2) is 47.4. The number of alkyl halides is 3. The molecule has 149 heavy (non-hydrogen) atoms. The standard InChI is InChI=1S/C28H29F4N5O3S.C27H31ClN6O4S.C25H28ClN5O3S2.C20H16Cl2N4O5S2.9H2/c1-19(37-13-3-4-20-18-21(29)7-12-24(20)37)27(38)36-16-14-35(15-17-36)22-8-10-23(11-9-22)41(39,40)34-26-6-2-5-25(33-26)28(30,31)32;1-19(34-13-3-4-20-18-21(28)5-10-24(20)34)27(35)33-16-14-32(15-17-33)22-6-8-23(9-7-22)39(36,37)31-25-11-12-26(38-2)30-29-25;1-17(31-12-2-3-18-15-19(26)4-9-23(18)31)24(32)28-20-10-13-30(16-20)21-5-7-22(8-6-21)36(33,34)29-25-27-11-14-35-25;21-14-2-1-3-15(17(14)22)24-20(28)31-16-8-10-26(18(16)27)12-4-6-13(7-5-12)33(29,30)25-19-23-9-11-32-19;;;;;;;;;/h2,5-12,18-19H,3-4,13-17H2,1H3,(H,33,34);5-12,18-19H,3-4,13-17H2,1-2H3,(H,29,31);4-9,11,14-15,17,20H,2-3,10,12-13,16H2,1H3,(H,27,29)(H,28,32);1-7,9,11,16H,8,10H2,(H,23,25)(H,24,28);9*1H/t2*19-;17-,20+;16-;;;;;;;;;/m1110........./s1. The Balaban J connectivity index is 0.000000279. The van der Waals surface area contributed by atoms with Crippen LogP contribution in [0.1, 0.15) is 88.1 Å². The molecule has 6 N–H and O–H groups in total. The fraction of sp³-hybridized carbons (Fsp3) is 0.320. The molecule has 5 atom stereocenters. The number of carbonyl (C=O) groups is 5. The van der Waals surface area contributed by atoms with E-state index in [2.05, 4.69) is 74.3 Å². The van der Waals surface area contributed by atoms with Crippen LogP contribution >= 0.6 is 69.1 Å². The molecule has 5 amide bonds. The third-order valence-corrected chi connectivity index (χ3v) is 34.4. The zero-order valence-corrected chi connectivity index (χ0v) is 88.6. The Bertz CT molecular complexity index is 7350. The summed E-state index contributed by atoms with van der Waals surface area (Å²) in [6, 6.07) is 51.6. The van der Waals surface area contributed by atoms with Gasteiger partial charge in [-0.3, -0.25) is 43.4 Å². The van der Waals surface area contributed by atoms with Gasteiger partial charge in [0, 0.05) is 196 Å². The van der Waals surface area contributed by atoms with Crippen molar-refractivity contribution in [1.29, 1.82) is 0 Å². The van der Waals surface area contributed by atoms with Crippen LogP contribution in [0.5, 0.6) is 5.88 Å². The number of aryl methyl sites for hydroxylation is 3. The summed E-state index contributed by atoms with van der Waals surface area (Å²) in [6.07, 6.45) is 3.18. The molecule has 35 nitrogen and oxygen atoms in total. The van der Waals surface area contributed by atoms with E-state index in [9.17, 15) is 75.2 Å². The van der Waals surface area contributed by atoms with Crippen LogP contribution in [0.4, 0.5) is 89.8 Å². The predicted molar refractivity (Wildman–Crippen MR) is 588 cm³/mol. The van der Waals surface area contributed by atoms with E-state index in [0.717, 1.165) is 150 Å². The van der Waals surface area contributed by atoms with Crippen LogP contribution in [0.2, 0.25) is 20.1 Å². The summed E-state index contributed by atoms with van der Waals surface area (Å²) in [6.45, 7) is 14.5. The molecular formula is C100H122Cl4F4N20O15S6. The highest BCUT2D eigenvalue weighted by Crippen LogP contribution is 2.39. The fourth-order valence-corrected chi connectivity index (χ4v) is 24.7. The summed E-state index contributed by atoms with van der Waals surface area (Å²) in [5.41, 5.74) is 8.49. The van der Waals surface area contributed by atoms with E-state index >= 15 is 0 Å². The maximum Gasteiger partial charge on any atom is 0.433 e. The minimum absolute atomic E-state index is 0. The number of methoxy groups -OCH3 is 1. The van der Waals surface area contributed by atoms with Gasteiger partial charge in [-0.25, -0.2) is 57.8 Å². The van der Waals surface area contributed by atoms with Gasteiger partial charge in [-0.2, -0.15) is 13.2 Å². The van der Waals surface area contributed by atoms with Crippen LogP contribution in [0.25, 0.3) is 0 Å². The molecule has 19 rings (SSSR count). The number of rotatable bonds is 26. The number of hydrogen-bond donors (Lipinski definition) is 6. The van der Waals surface area contributed by atoms with Crippen molar-refractivity contribution in [3.8, 4) is 5.88 Å². The molecule has 0 saturated carbocycles. The Morgan fingerprint density at radius 1 is 0.477 bits per heavy atom. The monoisotopic (exact) mass is 2250 g/mol. The summed E-state index contributed by atoms with van der Waals surface area (Å²) >= 11 is 26.7. The van der Waals surface area contributed by atoms with Crippen LogP contribution in [0.15, 0.2) is 243 Å². The molecule has 804 valence electrons. The summed E-state index contributed by atoms with van der Waals surface area (Å²) in [5.74, 6) is -0.607. The molecule has 0 aliphatic carbocycles. The van der Waals surface area contributed by atoms with Crippen LogP contribution < -0.4 is 68.6 Å². The molecule has 49 heteroatoms. The average Bonchev–Trinajstić information content (AvgIpc) is 0.889. The highest BCUT2D eigenvalue weighted by atomic mass is 35.5. The number of carbonyl (C=O) groups excluding carboxylic acids is 5. The van der Waals surface area contributed by atoms with Crippen molar-refractivity contribution in [1.82, 2.24) is 40.3 Å². The first-order valence-electron chi connectivity index (χ1n) is 47.5. The van der Waals surface area contributed by atoms with Crippen molar-refractivity contribution in [2.45, 2.75) is 128 Å². The molecule has 7 aliphatic rings. The molecule has 11 heterocycles. The maximum absolute atomic E-state index is 13.7.